The first-order valence-electron chi connectivity index (χ1n) is 4.39. The molecule has 1 aliphatic carbocycles. The molecule has 1 aromatic carbocycles. The van der Waals surface area contributed by atoms with Crippen molar-refractivity contribution in [3.63, 3.8) is 0 Å². The van der Waals surface area contributed by atoms with Crippen molar-refractivity contribution in [2.24, 2.45) is 5.73 Å². The molecule has 76 valence electrons. The van der Waals surface area contributed by atoms with E-state index in [0.717, 1.165) is 18.4 Å². The van der Waals surface area contributed by atoms with Gasteiger partial charge < -0.3 is 10.5 Å². The molecular weight excluding hydrogens is 221 g/mol. The summed E-state index contributed by atoms with van der Waals surface area (Å²) in [6.07, 6.45) is 1.94. The lowest BCUT2D eigenvalue weighted by Gasteiger charge is -2.13. The van der Waals surface area contributed by atoms with Crippen LogP contribution in [0.5, 0.6) is 5.75 Å². The topological polar surface area (TPSA) is 35.2 Å². The molecule has 2 rings (SSSR count). The summed E-state index contributed by atoms with van der Waals surface area (Å²) in [6, 6.07) is 3.52. The van der Waals surface area contributed by atoms with Crippen LogP contribution in [-0.4, -0.2) is 7.11 Å². The van der Waals surface area contributed by atoms with Crippen molar-refractivity contribution in [2.75, 3.05) is 7.11 Å². The molecule has 0 spiro atoms. The normalized spacial score (nSPS) is 18.0. The number of ether oxygens (including phenoxy) is 1. The van der Waals surface area contributed by atoms with Crippen molar-refractivity contribution in [1.82, 2.24) is 0 Å². The summed E-state index contributed by atoms with van der Waals surface area (Å²) in [5, 5.41) is 1.14. The van der Waals surface area contributed by atoms with Crippen molar-refractivity contribution in [3.8, 4) is 5.75 Å². The SMILES string of the molecule is COc1cc(C2(N)CC2)c(Cl)cc1Cl. The lowest BCUT2D eigenvalue weighted by molar-refractivity contribution is 0.414. The van der Waals surface area contributed by atoms with Gasteiger partial charge in [0.05, 0.1) is 12.1 Å². The van der Waals surface area contributed by atoms with E-state index in [1.165, 1.54) is 0 Å². The van der Waals surface area contributed by atoms with Gasteiger partial charge in [-0.1, -0.05) is 23.2 Å². The molecular formula is C10H11Cl2NO. The molecule has 2 N–H and O–H groups in total. The van der Waals surface area contributed by atoms with E-state index in [-0.39, 0.29) is 5.54 Å². The molecule has 0 radical (unpaired) electrons. The Hall–Kier alpha value is -0.440. The Morgan fingerprint density at radius 1 is 1.29 bits per heavy atom. The molecule has 14 heavy (non-hydrogen) atoms. The van der Waals surface area contributed by atoms with Gasteiger partial charge in [0, 0.05) is 10.6 Å². The van der Waals surface area contributed by atoms with Gasteiger partial charge in [-0.25, -0.2) is 0 Å². The molecule has 0 saturated heterocycles. The molecule has 1 fully saturated rings. The minimum absolute atomic E-state index is 0.255. The third kappa shape index (κ3) is 1.58. The summed E-state index contributed by atoms with van der Waals surface area (Å²) in [5.74, 6) is 0.628. The lowest BCUT2D eigenvalue weighted by Crippen LogP contribution is -2.19. The van der Waals surface area contributed by atoms with Crippen molar-refractivity contribution in [1.29, 1.82) is 0 Å². The zero-order valence-electron chi connectivity index (χ0n) is 7.81. The third-order valence-electron chi connectivity index (χ3n) is 2.57. The first kappa shape index (κ1) is 10.1. The van der Waals surface area contributed by atoms with Crippen LogP contribution in [0.25, 0.3) is 0 Å². The van der Waals surface area contributed by atoms with Crippen LogP contribution in [0.3, 0.4) is 0 Å². The monoisotopic (exact) mass is 231 g/mol. The second-order valence-electron chi connectivity index (χ2n) is 3.62. The van der Waals surface area contributed by atoms with E-state index in [1.54, 1.807) is 13.2 Å². The molecule has 2 nitrogen and oxygen atoms in total. The number of benzene rings is 1. The van der Waals surface area contributed by atoms with Crippen molar-refractivity contribution >= 4 is 23.2 Å². The fraction of sp³-hybridized carbons (Fsp3) is 0.400. The smallest absolute Gasteiger partial charge is 0.137 e. The van der Waals surface area contributed by atoms with E-state index in [9.17, 15) is 0 Å². The minimum Gasteiger partial charge on any atom is -0.495 e. The van der Waals surface area contributed by atoms with Gasteiger partial charge in [-0.05, 0) is 30.5 Å². The van der Waals surface area contributed by atoms with Gasteiger partial charge in [-0.3, -0.25) is 0 Å². The van der Waals surface area contributed by atoms with Crippen LogP contribution in [0, 0.1) is 0 Å². The average Bonchev–Trinajstić information content (AvgIpc) is 2.85. The third-order valence-corrected chi connectivity index (χ3v) is 3.17. The van der Waals surface area contributed by atoms with Gasteiger partial charge in [-0.2, -0.15) is 0 Å². The van der Waals surface area contributed by atoms with E-state index < -0.39 is 0 Å². The highest BCUT2D eigenvalue weighted by atomic mass is 35.5. The molecule has 1 saturated carbocycles. The Morgan fingerprint density at radius 3 is 2.43 bits per heavy atom. The van der Waals surface area contributed by atoms with E-state index in [4.69, 9.17) is 33.7 Å². The standard InChI is InChI=1S/C10H11Cl2NO/c1-14-9-4-6(10(13)2-3-10)7(11)5-8(9)12/h4-5H,2-3,13H2,1H3. The molecule has 4 heteroatoms. The Balaban J connectivity index is 2.50. The summed E-state index contributed by atoms with van der Waals surface area (Å²) >= 11 is 12.0. The maximum atomic E-state index is 6.06. The maximum absolute atomic E-state index is 6.06. The number of hydrogen-bond acceptors (Lipinski definition) is 2. The number of nitrogens with two attached hydrogens (primary N) is 1. The molecule has 0 aromatic heterocycles. The summed E-state index contributed by atoms with van der Waals surface area (Å²) in [6.45, 7) is 0. The second-order valence-corrected chi connectivity index (χ2v) is 4.44. The lowest BCUT2D eigenvalue weighted by atomic mass is 10.1. The quantitative estimate of drug-likeness (QED) is 0.850. The molecule has 1 aliphatic rings. The van der Waals surface area contributed by atoms with Gasteiger partial charge in [-0.15, -0.1) is 0 Å². The largest absolute Gasteiger partial charge is 0.495 e. The molecule has 1 aromatic rings. The van der Waals surface area contributed by atoms with Crippen molar-refractivity contribution in [2.45, 2.75) is 18.4 Å². The summed E-state index contributed by atoms with van der Waals surface area (Å²) in [5.41, 5.74) is 6.74. The zero-order valence-corrected chi connectivity index (χ0v) is 9.32. The average molecular weight is 232 g/mol. The first-order chi connectivity index (χ1) is 6.57. The number of rotatable bonds is 2. The Morgan fingerprint density at radius 2 is 1.93 bits per heavy atom. The summed E-state index contributed by atoms with van der Waals surface area (Å²) in [7, 11) is 1.58. The Bertz CT molecular complexity index is 375. The molecule has 0 aliphatic heterocycles. The van der Waals surface area contributed by atoms with Crippen LogP contribution in [0.15, 0.2) is 12.1 Å². The zero-order chi connectivity index (χ0) is 10.3. The van der Waals surface area contributed by atoms with Crippen LogP contribution in [0.4, 0.5) is 0 Å². The van der Waals surface area contributed by atoms with E-state index in [0.29, 0.717) is 15.8 Å². The highest BCUT2D eigenvalue weighted by Gasteiger charge is 2.41. The summed E-state index contributed by atoms with van der Waals surface area (Å²) < 4.78 is 5.12. The highest BCUT2D eigenvalue weighted by molar-refractivity contribution is 6.36. The molecule has 0 atom stereocenters. The second kappa shape index (κ2) is 3.30. The van der Waals surface area contributed by atoms with Gasteiger partial charge in [0.1, 0.15) is 5.75 Å². The van der Waals surface area contributed by atoms with Crippen LogP contribution in [0.1, 0.15) is 18.4 Å². The predicted octanol–water partition coefficient (Wildman–Crippen LogP) is 2.95. The van der Waals surface area contributed by atoms with Crippen LogP contribution in [-0.2, 0) is 5.54 Å². The van der Waals surface area contributed by atoms with Gasteiger partial charge in [0.2, 0.25) is 0 Å². The van der Waals surface area contributed by atoms with Crippen LogP contribution < -0.4 is 10.5 Å². The van der Waals surface area contributed by atoms with Crippen LogP contribution in [0.2, 0.25) is 10.0 Å². The first-order valence-corrected chi connectivity index (χ1v) is 5.15. The highest BCUT2D eigenvalue weighted by Crippen LogP contribution is 2.47. The molecule has 0 heterocycles. The van der Waals surface area contributed by atoms with Crippen LogP contribution >= 0.6 is 23.2 Å². The van der Waals surface area contributed by atoms with Crippen molar-refractivity contribution < 1.29 is 4.74 Å². The molecule has 0 unspecified atom stereocenters. The fourth-order valence-corrected chi connectivity index (χ4v) is 2.12. The Kier molecular flexibility index (Phi) is 2.38. The minimum atomic E-state index is -0.255. The fourth-order valence-electron chi connectivity index (χ4n) is 1.47. The van der Waals surface area contributed by atoms with E-state index >= 15 is 0 Å². The maximum Gasteiger partial charge on any atom is 0.137 e. The predicted molar refractivity (Wildman–Crippen MR) is 58.1 cm³/mol. The molecule has 0 bridgehead atoms. The summed E-state index contributed by atoms with van der Waals surface area (Å²) in [4.78, 5) is 0. The number of halogens is 2. The molecule has 0 amide bonds. The van der Waals surface area contributed by atoms with Gasteiger partial charge in [0.25, 0.3) is 0 Å². The van der Waals surface area contributed by atoms with E-state index in [1.807, 2.05) is 6.07 Å². The van der Waals surface area contributed by atoms with Crippen molar-refractivity contribution in [3.05, 3.63) is 27.7 Å². The van der Waals surface area contributed by atoms with Gasteiger partial charge in [0.15, 0.2) is 0 Å². The van der Waals surface area contributed by atoms with E-state index in [2.05, 4.69) is 0 Å². The van der Waals surface area contributed by atoms with Gasteiger partial charge >= 0.3 is 0 Å². The number of methoxy groups -OCH3 is 1. The number of hydrogen-bond donors (Lipinski definition) is 1. The Labute approximate surface area is 92.9 Å².